The average Bonchev–Trinajstić information content (AvgIpc) is 2.32. The first-order valence-electron chi connectivity index (χ1n) is 5.76. The highest BCUT2D eigenvalue weighted by Gasteiger charge is 2.12. The second-order valence-corrected chi connectivity index (χ2v) is 4.05. The molecule has 0 atom stereocenters. The van der Waals surface area contributed by atoms with Crippen molar-refractivity contribution in [3.8, 4) is 0 Å². The van der Waals surface area contributed by atoms with Crippen molar-refractivity contribution in [2.45, 2.75) is 25.8 Å². The summed E-state index contributed by atoms with van der Waals surface area (Å²) in [5.41, 5.74) is 2.34. The first-order chi connectivity index (χ1) is 7.72. The van der Waals surface area contributed by atoms with Gasteiger partial charge < -0.3 is 15.1 Å². The molecule has 0 aliphatic heterocycles. The highest BCUT2D eigenvalue weighted by atomic mass is 16.3. The van der Waals surface area contributed by atoms with Crippen LogP contribution < -0.4 is 4.90 Å². The largest absolute Gasteiger partial charge is 0.394 e. The predicted molar refractivity (Wildman–Crippen MR) is 66.8 cm³/mol. The molecule has 0 radical (unpaired) electrons. The van der Waals surface area contributed by atoms with Crippen LogP contribution >= 0.6 is 0 Å². The standard InChI is InChI=1S/C13H21NO2/c1-3-4-11-5-7-12(8-6-11)14(2)13(9-15)10-16/h5-8,13,15-16H,3-4,9-10H2,1-2H3. The Bertz CT molecular complexity index is 293. The van der Waals surface area contributed by atoms with E-state index in [9.17, 15) is 0 Å². The van der Waals surface area contributed by atoms with E-state index in [0.29, 0.717) is 0 Å². The maximum atomic E-state index is 9.09. The summed E-state index contributed by atoms with van der Waals surface area (Å²) in [5.74, 6) is 0. The first-order valence-corrected chi connectivity index (χ1v) is 5.76. The van der Waals surface area contributed by atoms with Crippen molar-refractivity contribution >= 4 is 5.69 Å². The van der Waals surface area contributed by atoms with Gasteiger partial charge in [-0.2, -0.15) is 0 Å². The molecular formula is C13H21NO2. The van der Waals surface area contributed by atoms with Crippen LogP contribution in [0.3, 0.4) is 0 Å². The number of aliphatic hydroxyl groups excluding tert-OH is 2. The van der Waals surface area contributed by atoms with Crippen LogP contribution in [0.15, 0.2) is 24.3 Å². The van der Waals surface area contributed by atoms with Gasteiger partial charge in [0, 0.05) is 12.7 Å². The number of aryl methyl sites for hydroxylation is 1. The number of nitrogens with zero attached hydrogens (tertiary/aromatic N) is 1. The second-order valence-electron chi connectivity index (χ2n) is 4.05. The van der Waals surface area contributed by atoms with Gasteiger partial charge in [0.05, 0.1) is 19.3 Å². The van der Waals surface area contributed by atoms with E-state index in [-0.39, 0.29) is 19.3 Å². The Hall–Kier alpha value is -1.06. The van der Waals surface area contributed by atoms with Crippen molar-refractivity contribution in [3.63, 3.8) is 0 Å². The minimum Gasteiger partial charge on any atom is -0.394 e. The molecule has 2 N–H and O–H groups in total. The molecule has 0 unspecified atom stereocenters. The molecule has 0 spiro atoms. The van der Waals surface area contributed by atoms with E-state index in [2.05, 4.69) is 19.1 Å². The fraction of sp³-hybridized carbons (Fsp3) is 0.538. The molecule has 3 heteroatoms. The molecule has 0 aliphatic carbocycles. The number of aliphatic hydroxyl groups is 2. The molecule has 0 amide bonds. The van der Waals surface area contributed by atoms with Crippen molar-refractivity contribution in [2.75, 3.05) is 25.2 Å². The Balaban J connectivity index is 2.72. The molecule has 16 heavy (non-hydrogen) atoms. The molecule has 0 aliphatic rings. The molecule has 0 bridgehead atoms. The lowest BCUT2D eigenvalue weighted by molar-refractivity contribution is 0.191. The minimum absolute atomic E-state index is 0.0380. The molecule has 3 nitrogen and oxygen atoms in total. The van der Waals surface area contributed by atoms with Crippen LogP contribution in [0.1, 0.15) is 18.9 Å². The molecule has 1 rings (SSSR count). The van der Waals surface area contributed by atoms with Gasteiger partial charge in [-0.05, 0) is 24.1 Å². The van der Waals surface area contributed by atoms with Gasteiger partial charge in [-0.25, -0.2) is 0 Å². The molecule has 0 aromatic heterocycles. The van der Waals surface area contributed by atoms with Gasteiger partial charge in [0.25, 0.3) is 0 Å². The summed E-state index contributed by atoms with van der Waals surface area (Å²) in [7, 11) is 1.88. The van der Waals surface area contributed by atoms with Gasteiger partial charge in [0.2, 0.25) is 0 Å². The molecule has 0 saturated carbocycles. The van der Waals surface area contributed by atoms with E-state index in [1.54, 1.807) is 0 Å². The normalized spacial score (nSPS) is 10.8. The summed E-state index contributed by atoms with van der Waals surface area (Å²) >= 11 is 0. The number of likely N-dealkylation sites (N-methyl/N-ethyl adjacent to an activating group) is 1. The Morgan fingerprint density at radius 2 is 1.69 bits per heavy atom. The summed E-state index contributed by atoms with van der Waals surface area (Å²) in [6.07, 6.45) is 2.23. The smallest absolute Gasteiger partial charge is 0.0748 e. The van der Waals surface area contributed by atoms with Gasteiger partial charge in [-0.1, -0.05) is 25.5 Å². The van der Waals surface area contributed by atoms with Crippen molar-refractivity contribution in [1.29, 1.82) is 0 Å². The zero-order valence-electron chi connectivity index (χ0n) is 10.1. The number of rotatable bonds is 6. The SMILES string of the molecule is CCCc1ccc(N(C)C(CO)CO)cc1. The van der Waals surface area contributed by atoms with Gasteiger partial charge in [0.1, 0.15) is 0 Å². The van der Waals surface area contributed by atoms with Crippen LogP contribution in [0.4, 0.5) is 5.69 Å². The van der Waals surface area contributed by atoms with Gasteiger partial charge in [-0.15, -0.1) is 0 Å². The molecule has 0 saturated heterocycles. The Morgan fingerprint density at radius 3 is 2.12 bits per heavy atom. The fourth-order valence-corrected chi connectivity index (χ4v) is 1.70. The topological polar surface area (TPSA) is 43.7 Å². The summed E-state index contributed by atoms with van der Waals surface area (Å²) in [5, 5.41) is 18.2. The Kier molecular flexibility index (Phi) is 5.29. The van der Waals surface area contributed by atoms with E-state index in [1.807, 2.05) is 24.1 Å². The number of benzene rings is 1. The lowest BCUT2D eigenvalue weighted by Crippen LogP contribution is -2.37. The van der Waals surface area contributed by atoms with E-state index in [0.717, 1.165) is 18.5 Å². The van der Waals surface area contributed by atoms with E-state index in [4.69, 9.17) is 10.2 Å². The fourth-order valence-electron chi connectivity index (χ4n) is 1.70. The van der Waals surface area contributed by atoms with E-state index >= 15 is 0 Å². The maximum Gasteiger partial charge on any atom is 0.0748 e. The zero-order valence-corrected chi connectivity index (χ0v) is 10.1. The third-order valence-corrected chi connectivity index (χ3v) is 2.85. The Morgan fingerprint density at radius 1 is 1.12 bits per heavy atom. The lowest BCUT2D eigenvalue weighted by Gasteiger charge is -2.27. The van der Waals surface area contributed by atoms with E-state index < -0.39 is 0 Å². The summed E-state index contributed by atoms with van der Waals surface area (Å²) in [6, 6.07) is 8.03. The van der Waals surface area contributed by atoms with E-state index in [1.165, 1.54) is 5.56 Å². The highest BCUT2D eigenvalue weighted by Crippen LogP contribution is 2.16. The number of anilines is 1. The highest BCUT2D eigenvalue weighted by molar-refractivity contribution is 5.47. The molecule has 1 aromatic rings. The molecule has 1 aromatic carbocycles. The van der Waals surface area contributed by atoms with Crippen molar-refractivity contribution in [1.82, 2.24) is 0 Å². The monoisotopic (exact) mass is 223 g/mol. The second kappa shape index (κ2) is 6.51. The minimum atomic E-state index is -0.225. The third kappa shape index (κ3) is 3.22. The predicted octanol–water partition coefficient (Wildman–Crippen LogP) is 1.43. The van der Waals surface area contributed by atoms with Crippen molar-refractivity contribution in [2.24, 2.45) is 0 Å². The summed E-state index contributed by atoms with van der Waals surface area (Å²) in [6.45, 7) is 2.08. The molecule has 0 fully saturated rings. The van der Waals surface area contributed by atoms with Crippen LogP contribution in [-0.4, -0.2) is 36.5 Å². The van der Waals surface area contributed by atoms with Crippen LogP contribution in [0.5, 0.6) is 0 Å². The summed E-state index contributed by atoms with van der Waals surface area (Å²) < 4.78 is 0. The van der Waals surface area contributed by atoms with Crippen molar-refractivity contribution in [3.05, 3.63) is 29.8 Å². The third-order valence-electron chi connectivity index (χ3n) is 2.85. The average molecular weight is 223 g/mol. The first kappa shape index (κ1) is 13.0. The van der Waals surface area contributed by atoms with Crippen LogP contribution in [0.25, 0.3) is 0 Å². The summed E-state index contributed by atoms with van der Waals surface area (Å²) in [4.78, 5) is 1.90. The van der Waals surface area contributed by atoms with Crippen LogP contribution in [0, 0.1) is 0 Å². The van der Waals surface area contributed by atoms with Gasteiger partial charge >= 0.3 is 0 Å². The lowest BCUT2D eigenvalue weighted by atomic mass is 10.1. The molecule has 0 heterocycles. The van der Waals surface area contributed by atoms with Crippen LogP contribution in [0.2, 0.25) is 0 Å². The Labute approximate surface area is 97.3 Å². The quantitative estimate of drug-likeness (QED) is 0.766. The molecular weight excluding hydrogens is 202 g/mol. The number of hydrogen-bond donors (Lipinski definition) is 2. The van der Waals surface area contributed by atoms with Gasteiger partial charge in [-0.3, -0.25) is 0 Å². The van der Waals surface area contributed by atoms with Gasteiger partial charge in [0.15, 0.2) is 0 Å². The zero-order chi connectivity index (χ0) is 12.0. The van der Waals surface area contributed by atoms with Crippen molar-refractivity contribution < 1.29 is 10.2 Å². The molecule has 90 valence electrons. The van der Waals surface area contributed by atoms with Crippen LogP contribution in [-0.2, 0) is 6.42 Å². The maximum absolute atomic E-state index is 9.09. The number of hydrogen-bond acceptors (Lipinski definition) is 3.